The van der Waals surface area contributed by atoms with Gasteiger partial charge in [0.25, 0.3) is 13.1 Å². The predicted molar refractivity (Wildman–Crippen MR) is 129 cm³/mol. The lowest BCUT2D eigenvalue weighted by atomic mass is 10.3. The van der Waals surface area contributed by atoms with Gasteiger partial charge in [0.2, 0.25) is 5.95 Å². The van der Waals surface area contributed by atoms with E-state index in [0.717, 1.165) is 51.9 Å². The molecule has 0 saturated carbocycles. The number of fused-ring (bicyclic) bond motifs is 1. The molecule has 2 aromatic rings. The van der Waals surface area contributed by atoms with E-state index in [1.165, 1.54) is 6.33 Å². The van der Waals surface area contributed by atoms with Crippen molar-refractivity contribution in [1.82, 2.24) is 35.2 Å². The van der Waals surface area contributed by atoms with E-state index in [0.29, 0.717) is 25.3 Å². The summed E-state index contributed by atoms with van der Waals surface area (Å²) in [6.07, 6.45) is 4.66. The summed E-state index contributed by atoms with van der Waals surface area (Å²) in [5, 5.41) is 9.36. The minimum Gasteiger partial charge on any atom is -0.369 e. The van der Waals surface area contributed by atoms with Gasteiger partial charge >= 0.3 is 0 Å². The van der Waals surface area contributed by atoms with Gasteiger partial charge in [-0.3, -0.25) is 14.3 Å². The second kappa shape index (κ2) is 14.4. The van der Waals surface area contributed by atoms with Gasteiger partial charge in [0, 0.05) is 6.54 Å². The number of rotatable bonds is 18. The molecule has 0 spiro atoms. The lowest BCUT2D eigenvalue weighted by molar-refractivity contribution is 0.0816. The molecule has 2 unspecified atom stereocenters. The molecule has 2 aromatic heterocycles. The fourth-order valence-corrected chi connectivity index (χ4v) is 4.21. The van der Waals surface area contributed by atoms with Gasteiger partial charge in [0.1, 0.15) is 6.35 Å². The van der Waals surface area contributed by atoms with Crippen molar-refractivity contribution in [2.24, 2.45) is 5.73 Å². The molecule has 13 nitrogen and oxygen atoms in total. The minimum atomic E-state index is -3.61. The van der Waals surface area contributed by atoms with Gasteiger partial charge in [-0.25, -0.2) is 10.1 Å². The first-order chi connectivity index (χ1) is 15.8. The first-order valence-corrected chi connectivity index (χ1v) is 13.2. The Balaban J connectivity index is 1.57. The van der Waals surface area contributed by atoms with Crippen LogP contribution in [0.1, 0.15) is 32.6 Å². The number of unbranched alkanes of at least 4 members (excludes halogenated alkanes) is 1. The van der Waals surface area contributed by atoms with E-state index in [4.69, 9.17) is 16.2 Å². The molecular formula is C19H38N9O4P. The monoisotopic (exact) mass is 487 g/mol. The number of nitrogen functional groups attached to an aromatic ring is 1. The van der Waals surface area contributed by atoms with Crippen molar-refractivity contribution in [1.29, 1.82) is 0 Å². The average molecular weight is 488 g/mol. The summed E-state index contributed by atoms with van der Waals surface area (Å²) >= 11 is 0. The van der Waals surface area contributed by atoms with E-state index in [2.05, 4.69) is 30.7 Å². The Morgan fingerprint density at radius 1 is 1.18 bits per heavy atom. The number of anilines is 1. The number of hydrogen-bond donors (Lipinski definition) is 7. The quantitative estimate of drug-likeness (QED) is 0.106. The van der Waals surface area contributed by atoms with E-state index >= 15 is 0 Å². The molecule has 0 saturated heterocycles. The number of nitrogens with zero attached hydrogens (tertiary/aromatic N) is 3. The highest BCUT2D eigenvalue weighted by Crippen LogP contribution is 2.35. The van der Waals surface area contributed by atoms with E-state index < -0.39 is 19.2 Å². The van der Waals surface area contributed by atoms with Crippen molar-refractivity contribution in [3.05, 3.63) is 16.7 Å². The van der Waals surface area contributed by atoms with Gasteiger partial charge in [0.05, 0.1) is 19.0 Å². The Kier molecular flexibility index (Phi) is 12.0. The fourth-order valence-electron chi connectivity index (χ4n) is 3.15. The zero-order chi connectivity index (χ0) is 24.1. The van der Waals surface area contributed by atoms with Crippen molar-refractivity contribution in [2.45, 2.75) is 45.3 Å². The standard InChI is InChI=1S/C19H38N9O4P/c1-15(12-28-13-24-16-17(28)26-19(21)27-18(16)29)32-14-33(30,31)25-11-5-10-23-8-3-2-7-22-9-4-6-20/h13,15,22-23H,2-12,14,20H2,1H3,(H2,25,30,31)(H3,21,26,27,29). The second-order valence-corrected chi connectivity index (χ2v) is 9.92. The summed E-state index contributed by atoms with van der Waals surface area (Å²) < 4.78 is 19.5. The highest BCUT2D eigenvalue weighted by Gasteiger charge is 2.20. The molecule has 2 atom stereocenters. The molecule has 188 valence electrons. The van der Waals surface area contributed by atoms with Crippen LogP contribution in [0.3, 0.4) is 0 Å². The number of H-pyrrole nitrogens is 1. The van der Waals surface area contributed by atoms with Crippen LogP contribution in [0.2, 0.25) is 0 Å². The molecule has 0 aliphatic heterocycles. The molecule has 2 rings (SSSR count). The zero-order valence-corrected chi connectivity index (χ0v) is 20.1. The summed E-state index contributed by atoms with van der Waals surface area (Å²) in [6.45, 7) is 6.85. The molecule has 0 aliphatic rings. The Morgan fingerprint density at radius 3 is 2.55 bits per heavy atom. The van der Waals surface area contributed by atoms with Crippen molar-refractivity contribution >= 4 is 24.6 Å². The number of hydrogen-bond acceptors (Lipinski definition) is 9. The lowest BCUT2D eigenvalue weighted by Gasteiger charge is -2.18. The van der Waals surface area contributed by atoms with Gasteiger partial charge in [-0.1, -0.05) is 0 Å². The minimum absolute atomic E-state index is 0.00305. The first kappa shape index (κ1) is 27.4. The number of imidazole rings is 1. The Hall–Kier alpha value is -1.86. The number of aromatic nitrogens is 4. The highest BCUT2D eigenvalue weighted by atomic mass is 31.2. The molecule has 0 amide bonds. The predicted octanol–water partition coefficient (Wildman–Crippen LogP) is -0.462. The summed E-state index contributed by atoms with van der Waals surface area (Å²) in [5.41, 5.74) is 11.1. The molecule has 2 heterocycles. The van der Waals surface area contributed by atoms with Crippen LogP contribution < -0.4 is 32.7 Å². The van der Waals surface area contributed by atoms with Gasteiger partial charge in [-0.2, -0.15) is 4.98 Å². The van der Waals surface area contributed by atoms with Crippen molar-refractivity contribution in [3.63, 3.8) is 0 Å². The topological polar surface area (TPSA) is 198 Å². The lowest BCUT2D eigenvalue weighted by Crippen LogP contribution is -2.24. The van der Waals surface area contributed by atoms with Crippen molar-refractivity contribution < 1.29 is 14.2 Å². The summed E-state index contributed by atoms with van der Waals surface area (Å²) in [4.78, 5) is 32.4. The molecule has 0 radical (unpaired) electrons. The number of nitrogens with one attached hydrogen (secondary N) is 4. The molecule has 0 fully saturated rings. The molecular weight excluding hydrogens is 449 g/mol. The maximum absolute atomic E-state index is 12.3. The van der Waals surface area contributed by atoms with Gasteiger partial charge in [0.15, 0.2) is 11.2 Å². The van der Waals surface area contributed by atoms with E-state index in [1.807, 2.05) is 0 Å². The van der Waals surface area contributed by atoms with Crippen LogP contribution in [0.5, 0.6) is 0 Å². The molecule has 33 heavy (non-hydrogen) atoms. The van der Waals surface area contributed by atoms with E-state index in [-0.39, 0.29) is 17.8 Å². The number of ether oxygens (including phenoxy) is 1. The van der Waals surface area contributed by atoms with E-state index in [1.54, 1.807) is 11.5 Å². The van der Waals surface area contributed by atoms with Crippen LogP contribution in [0, 0.1) is 0 Å². The van der Waals surface area contributed by atoms with Gasteiger partial charge in [-0.15, -0.1) is 0 Å². The first-order valence-electron chi connectivity index (χ1n) is 11.3. The molecule has 9 N–H and O–H groups in total. The van der Waals surface area contributed by atoms with Crippen LogP contribution in [-0.4, -0.2) is 76.1 Å². The third kappa shape index (κ3) is 10.3. The van der Waals surface area contributed by atoms with Crippen LogP contribution in [0.4, 0.5) is 5.95 Å². The molecule has 0 aliphatic carbocycles. The van der Waals surface area contributed by atoms with Crippen LogP contribution in [0.25, 0.3) is 11.2 Å². The van der Waals surface area contributed by atoms with Crippen LogP contribution in [0.15, 0.2) is 11.1 Å². The Labute approximate surface area is 193 Å². The van der Waals surface area contributed by atoms with Crippen molar-refractivity contribution in [3.8, 4) is 0 Å². The smallest absolute Gasteiger partial charge is 0.292 e. The SMILES string of the molecule is CC(Cn1cnc2c(=O)[nH]c(N)nc21)OCP(=O)(O)NCCCNCCCCNCCCN. The second-order valence-electron chi connectivity index (χ2n) is 7.94. The molecule has 0 aromatic carbocycles. The maximum atomic E-state index is 12.3. The van der Waals surface area contributed by atoms with Crippen LogP contribution in [-0.2, 0) is 15.8 Å². The van der Waals surface area contributed by atoms with Gasteiger partial charge < -0.3 is 36.3 Å². The normalized spacial score (nSPS) is 14.5. The third-order valence-electron chi connectivity index (χ3n) is 4.88. The maximum Gasteiger partial charge on any atom is 0.292 e. The highest BCUT2D eigenvalue weighted by molar-refractivity contribution is 7.55. The largest absolute Gasteiger partial charge is 0.369 e. The molecule has 14 heteroatoms. The summed E-state index contributed by atoms with van der Waals surface area (Å²) in [7, 11) is -3.61. The molecule has 0 bridgehead atoms. The zero-order valence-electron chi connectivity index (χ0n) is 19.3. The number of nitrogens with two attached hydrogens (primary N) is 2. The van der Waals surface area contributed by atoms with Crippen molar-refractivity contribution in [2.75, 3.05) is 51.4 Å². The summed E-state index contributed by atoms with van der Waals surface area (Å²) in [6, 6.07) is 0. The average Bonchev–Trinajstić information content (AvgIpc) is 3.16. The fraction of sp³-hybridized carbons (Fsp3) is 0.737. The third-order valence-corrected chi connectivity index (χ3v) is 6.10. The van der Waals surface area contributed by atoms with Crippen LogP contribution >= 0.6 is 7.52 Å². The Bertz CT molecular complexity index is 936. The number of aromatic amines is 1. The summed E-state index contributed by atoms with van der Waals surface area (Å²) in [5.74, 6) is -0.00305. The Morgan fingerprint density at radius 2 is 1.85 bits per heavy atom. The van der Waals surface area contributed by atoms with Gasteiger partial charge in [-0.05, 0) is 65.3 Å². The van der Waals surface area contributed by atoms with E-state index in [9.17, 15) is 14.3 Å².